The van der Waals surface area contributed by atoms with Gasteiger partial charge in [-0.1, -0.05) is 0 Å². The fourth-order valence-corrected chi connectivity index (χ4v) is 2.62. The van der Waals surface area contributed by atoms with Crippen LogP contribution >= 0.6 is 0 Å². The van der Waals surface area contributed by atoms with Gasteiger partial charge in [-0.2, -0.15) is 13.2 Å². The highest BCUT2D eigenvalue weighted by Gasteiger charge is 2.33. The van der Waals surface area contributed by atoms with Gasteiger partial charge >= 0.3 is 12.2 Å². The zero-order valence-corrected chi connectivity index (χ0v) is 14.7. The molecule has 1 aliphatic rings. The third-order valence-electron chi connectivity index (χ3n) is 4.38. The molecule has 0 spiro atoms. The fourth-order valence-electron chi connectivity index (χ4n) is 2.62. The highest BCUT2D eigenvalue weighted by atomic mass is 19.4. The minimum atomic E-state index is -4.42. The Labute approximate surface area is 153 Å². The normalized spacial score (nSPS) is 14.6. The first-order valence-electron chi connectivity index (χ1n) is 8.21. The molecule has 1 saturated heterocycles. The maximum atomic E-state index is 12.5. The van der Waals surface area contributed by atoms with Gasteiger partial charge in [0.05, 0.1) is 18.7 Å². The van der Waals surface area contributed by atoms with Crippen LogP contribution in [0.2, 0.25) is 0 Å². The molecule has 0 bridgehead atoms. The molecule has 0 saturated carbocycles. The zero-order chi connectivity index (χ0) is 19.8. The lowest BCUT2D eigenvalue weighted by Gasteiger charge is -2.38. The number of anilines is 1. The number of carbonyl (C=O) groups is 1. The van der Waals surface area contributed by atoms with E-state index in [1.54, 1.807) is 20.0 Å². The summed E-state index contributed by atoms with van der Waals surface area (Å²) in [4.78, 5) is 25.3. The molecular weight excluding hydrogens is 363 g/mol. The summed E-state index contributed by atoms with van der Waals surface area (Å²) in [6.45, 7) is 2.43. The van der Waals surface area contributed by atoms with Crippen molar-refractivity contribution in [3.05, 3.63) is 58.0 Å². The summed E-state index contributed by atoms with van der Waals surface area (Å²) in [6.07, 6.45) is -4.66. The lowest BCUT2D eigenvalue weighted by atomic mass is 10.1. The minimum Gasteiger partial charge on any atom is -0.486 e. The Morgan fingerprint density at radius 2 is 1.81 bits per heavy atom. The maximum Gasteiger partial charge on any atom is 0.416 e. The molecule has 144 valence electrons. The van der Waals surface area contributed by atoms with E-state index in [0.29, 0.717) is 18.8 Å². The first kappa shape index (κ1) is 18.8. The van der Waals surface area contributed by atoms with E-state index < -0.39 is 17.8 Å². The number of aromatic nitrogens is 1. The van der Waals surface area contributed by atoms with E-state index in [1.165, 1.54) is 27.7 Å². The van der Waals surface area contributed by atoms with Crippen molar-refractivity contribution in [2.24, 2.45) is 7.05 Å². The first-order chi connectivity index (χ1) is 12.6. The molecular formula is C18H18F3N3O3. The van der Waals surface area contributed by atoms with E-state index >= 15 is 0 Å². The number of pyridine rings is 1. The highest BCUT2D eigenvalue weighted by Crippen LogP contribution is 2.30. The number of hydrogen-bond acceptors (Lipinski definition) is 3. The van der Waals surface area contributed by atoms with E-state index in [1.807, 2.05) is 0 Å². The van der Waals surface area contributed by atoms with Crippen LogP contribution in [0.4, 0.5) is 23.7 Å². The Kier molecular flexibility index (Phi) is 4.86. The molecule has 2 amide bonds. The van der Waals surface area contributed by atoms with E-state index in [0.717, 1.165) is 17.8 Å². The van der Waals surface area contributed by atoms with Crippen LogP contribution in [0.3, 0.4) is 0 Å². The van der Waals surface area contributed by atoms with Gasteiger partial charge in [0, 0.05) is 24.5 Å². The van der Waals surface area contributed by atoms with Crippen molar-refractivity contribution >= 4 is 11.7 Å². The van der Waals surface area contributed by atoms with Crippen LogP contribution in [0.25, 0.3) is 0 Å². The van der Waals surface area contributed by atoms with Crippen molar-refractivity contribution in [1.29, 1.82) is 0 Å². The Bertz CT molecular complexity index is 901. The first-order valence-corrected chi connectivity index (χ1v) is 8.21. The second kappa shape index (κ2) is 6.98. The molecule has 1 fully saturated rings. The topological polar surface area (TPSA) is 63.6 Å². The number of rotatable bonds is 3. The molecule has 1 aromatic carbocycles. The Morgan fingerprint density at radius 3 is 2.37 bits per heavy atom. The number of halogens is 3. The van der Waals surface area contributed by atoms with Gasteiger partial charge in [0.1, 0.15) is 11.9 Å². The summed E-state index contributed by atoms with van der Waals surface area (Å²) < 4.78 is 44.8. The number of nitrogens with one attached hydrogen (secondary N) is 1. The van der Waals surface area contributed by atoms with E-state index in [2.05, 4.69) is 5.32 Å². The molecule has 0 atom stereocenters. The summed E-state index contributed by atoms with van der Waals surface area (Å²) in [5.74, 6) is 0.448. The van der Waals surface area contributed by atoms with Crippen molar-refractivity contribution < 1.29 is 22.7 Å². The standard InChI is InChI=1S/C18H18F3N3O3/c1-11-7-14(8-16(25)23(11)2)27-15-9-24(10-15)17(26)22-13-5-3-12(4-6-13)18(19,20)21/h3-8,15H,9-10H2,1-2H3,(H,22,26). The van der Waals surface area contributed by atoms with Gasteiger partial charge in [-0.15, -0.1) is 0 Å². The predicted molar refractivity (Wildman–Crippen MR) is 92.9 cm³/mol. The lowest BCUT2D eigenvalue weighted by molar-refractivity contribution is -0.137. The SMILES string of the molecule is Cc1cc(OC2CN(C(=O)Nc3ccc(C(F)(F)F)cc3)C2)cc(=O)n1C. The van der Waals surface area contributed by atoms with Crippen LogP contribution < -0.4 is 15.6 Å². The van der Waals surface area contributed by atoms with Gasteiger partial charge in [-0.05, 0) is 37.3 Å². The predicted octanol–water partition coefficient (Wildman–Crippen LogP) is 3.01. The van der Waals surface area contributed by atoms with Gasteiger partial charge in [-0.3, -0.25) is 4.79 Å². The summed E-state index contributed by atoms with van der Waals surface area (Å²) in [6, 6.07) is 6.94. The number of amides is 2. The lowest BCUT2D eigenvalue weighted by Crippen LogP contribution is -2.57. The van der Waals surface area contributed by atoms with Crippen LogP contribution in [-0.4, -0.2) is 34.7 Å². The van der Waals surface area contributed by atoms with Crippen molar-refractivity contribution in [1.82, 2.24) is 9.47 Å². The molecule has 0 unspecified atom stereocenters. The van der Waals surface area contributed by atoms with E-state index in [-0.39, 0.29) is 17.4 Å². The van der Waals surface area contributed by atoms with Crippen LogP contribution in [0.5, 0.6) is 5.75 Å². The molecule has 0 radical (unpaired) electrons. The number of benzene rings is 1. The quantitative estimate of drug-likeness (QED) is 0.889. The minimum absolute atomic E-state index is 0.179. The van der Waals surface area contributed by atoms with Crippen molar-refractivity contribution in [2.45, 2.75) is 19.2 Å². The number of nitrogens with zero attached hydrogens (tertiary/aromatic N) is 2. The third kappa shape index (κ3) is 4.24. The monoisotopic (exact) mass is 381 g/mol. The Balaban J connectivity index is 1.52. The zero-order valence-electron chi connectivity index (χ0n) is 14.7. The van der Waals surface area contributed by atoms with E-state index in [9.17, 15) is 22.8 Å². The maximum absolute atomic E-state index is 12.5. The number of urea groups is 1. The molecule has 9 heteroatoms. The number of hydrogen-bond donors (Lipinski definition) is 1. The number of alkyl halides is 3. The summed E-state index contributed by atoms with van der Waals surface area (Å²) >= 11 is 0. The summed E-state index contributed by atoms with van der Waals surface area (Å²) in [5, 5.41) is 2.54. The van der Waals surface area contributed by atoms with E-state index in [4.69, 9.17) is 4.74 Å². The second-order valence-electron chi connectivity index (χ2n) is 6.38. The van der Waals surface area contributed by atoms with Gasteiger partial charge in [0.15, 0.2) is 0 Å². The molecule has 0 aliphatic carbocycles. The number of carbonyl (C=O) groups excluding carboxylic acids is 1. The number of likely N-dealkylation sites (tertiary alicyclic amines) is 1. The van der Waals surface area contributed by atoms with Crippen LogP contribution in [0.1, 0.15) is 11.3 Å². The molecule has 1 aliphatic heterocycles. The van der Waals surface area contributed by atoms with Gasteiger partial charge < -0.3 is 19.5 Å². The fraction of sp³-hybridized carbons (Fsp3) is 0.333. The molecule has 2 heterocycles. The molecule has 27 heavy (non-hydrogen) atoms. The van der Waals surface area contributed by atoms with Crippen LogP contribution in [0, 0.1) is 6.92 Å². The average molecular weight is 381 g/mol. The third-order valence-corrected chi connectivity index (χ3v) is 4.38. The smallest absolute Gasteiger partial charge is 0.416 e. The summed E-state index contributed by atoms with van der Waals surface area (Å²) in [7, 11) is 1.66. The molecule has 1 aromatic heterocycles. The molecule has 2 aromatic rings. The second-order valence-corrected chi connectivity index (χ2v) is 6.38. The van der Waals surface area contributed by atoms with Crippen molar-refractivity contribution in [2.75, 3.05) is 18.4 Å². The van der Waals surface area contributed by atoms with Gasteiger partial charge in [0.2, 0.25) is 0 Å². The molecule has 1 N–H and O–H groups in total. The Hall–Kier alpha value is -2.97. The van der Waals surface area contributed by atoms with Gasteiger partial charge in [0.25, 0.3) is 5.56 Å². The summed E-state index contributed by atoms with van der Waals surface area (Å²) in [5.41, 5.74) is 0.0803. The average Bonchev–Trinajstić information content (AvgIpc) is 2.55. The van der Waals surface area contributed by atoms with Crippen molar-refractivity contribution in [3.8, 4) is 5.75 Å². The number of ether oxygens (including phenoxy) is 1. The van der Waals surface area contributed by atoms with Crippen molar-refractivity contribution in [3.63, 3.8) is 0 Å². The number of aryl methyl sites for hydroxylation is 1. The van der Waals surface area contributed by atoms with Gasteiger partial charge in [-0.25, -0.2) is 4.79 Å². The Morgan fingerprint density at radius 1 is 1.19 bits per heavy atom. The highest BCUT2D eigenvalue weighted by molar-refractivity contribution is 5.89. The largest absolute Gasteiger partial charge is 0.486 e. The van der Waals surface area contributed by atoms with Crippen LogP contribution in [-0.2, 0) is 13.2 Å². The molecule has 6 nitrogen and oxygen atoms in total. The van der Waals surface area contributed by atoms with Crippen LogP contribution in [0.15, 0.2) is 41.2 Å². The molecule has 3 rings (SSSR count).